The fourth-order valence-electron chi connectivity index (χ4n) is 1.30. The number of hydrogen-bond acceptors (Lipinski definition) is 3. The van der Waals surface area contributed by atoms with Gasteiger partial charge in [0.05, 0.1) is 12.3 Å². The summed E-state index contributed by atoms with van der Waals surface area (Å²) < 4.78 is 0. The van der Waals surface area contributed by atoms with Crippen molar-refractivity contribution in [2.24, 2.45) is 5.92 Å². The number of rotatable bonds is 6. The van der Waals surface area contributed by atoms with Crippen LogP contribution in [-0.2, 0) is 16.0 Å². The summed E-state index contributed by atoms with van der Waals surface area (Å²) in [5.41, 5.74) is 1.07. The Bertz CT molecular complexity index is 331. The second-order valence-electron chi connectivity index (χ2n) is 3.30. The molecular weight excluding hydrogens is 216 g/mol. The summed E-state index contributed by atoms with van der Waals surface area (Å²) in [6.45, 7) is 0. The third-order valence-corrected chi connectivity index (χ3v) is 2.86. The van der Waals surface area contributed by atoms with Gasteiger partial charge in [-0.05, 0) is 35.2 Å². The Morgan fingerprint density at radius 1 is 1.40 bits per heavy atom. The largest absolute Gasteiger partial charge is 0.481 e. The third kappa shape index (κ3) is 4.12. The lowest BCUT2D eigenvalue weighted by Gasteiger charge is -2.08. The Hall–Kier alpha value is -1.36. The topological polar surface area (TPSA) is 74.6 Å². The zero-order valence-electron chi connectivity index (χ0n) is 8.05. The lowest BCUT2D eigenvalue weighted by Crippen LogP contribution is -2.18. The van der Waals surface area contributed by atoms with Gasteiger partial charge in [0.15, 0.2) is 0 Å². The van der Waals surface area contributed by atoms with Crippen LogP contribution < -0.4 is 0 Å². The average molecular weight is 228 g/mol. The Morgan fingerprint density at radius 3 is 2.60 bits per heavy atom. The first-order valence-corrected chi connectivity index (χ1v) is 5.49. The van der Waals surface area contributed by atoms with Crippen molar-refractivity contribution in [3.8, 4) is 0 Å². The van der Waals surface area contributed by atoms with Crippen molar-refractivity contribution < 1.29 is 19.8 Å². The summed E-state index contributed by atoms with van der Waals surface area (Å²) in [6, 6.07) is 1.92. The first kappa shape index (κ1) is 11.7. The second-order valence-corrected chi connectivity index (χ2v) is 4.08. The maximum absolute atomic E-state index is 10.7. The van der Waals surface area contributed by atoms with Crippen molar-refractivity contribution in [3.05, 3.63) is 22.4 Å². The summed E-state index contributed by atoms with van der Waals surface area (Å²) >= 11 is 1.55. The SMILES string of the molecule is O=C(O)C[C@H](CCc1ccsc1)C(=O)O. The second kappa shape index (κ2) is 5.50. The van der Waals surface area contributed by atoms with Crippen molar-refractivity contribution in [1.29, 1.82) is 0 Å². The monoisotopic (exact) mass is 228 g/mol. The summed E-state index contributed by atoms with van der Waals surface area (Å²) in [7, 11) is 0. The molecule has 1 aromatic heterocycles. The third-order valence-electron chi connectivity index (χ3n) is 2.13. The molecule has 82 valence electrons. The van der Waals surface area contributed by atoms with E-state index < -0.39 is 17.9 Å². The van der Waals surface area contributed by atoms with Gasteiger partial charge in [-0.15, -0.1) is 0 Å². The smallest absolute Gasteiger partial charge is 0.307 e. The highest BCUT2D eigenvalue weighted by atomic mass is 32.1. The zero-order valence-corrected chi connectivity index (χ0v) is 8.87. The molecule has 0 saturated carbocycles. The quantitative estimate of drug-likeness (QED) is 0.779. The van der Waals surface area contributed by atoms with Gasteiger partial charge in [0, 0.05) is 0 Å². The minimum Gasteiger partial charge on any atom is -0.481 e. The fraction of sp³-hybridized carbons (Fsp3) is 0.400. The standard InChI is InChI=1S/C10H12O4S/c11-9(12)5-8(10(13)14)2-1-7-3-4-15-6-7/h3-4,6,8H,1-2,5H2,(H,11,12)(H,13,14)/t8-/m0/s1. The van der Waals surface area contributed by atoms with Crippen molar-refractivity contribution in [2.45, 2.75) is 19.3 Å². The Kier molecular flexibility index (Phi) is 4.30. The average Bonchev–Trinajstić information content (AvgIpc) is 2.63. The van der Waals surface area contributed by atoms with Crippen LogP contribution in [-0.4, -0.2) is 22.2 Å². The lowest BCUT2D eigenvalue weighted by molar-refractivity contribution is -0.148. The van der Waals surface area contributed by atoms with Gasteiger partial charge in [-0.3, -0.25) is 9.59 Å². The first-order chi connectivity index (χ1) is 7.09. The fourth-order valence-corrected chi connectivity index (χ4v) is 2.00. The molecule has 0 unspecified atom stereocenters. The molecule has 0 amide bonds. The van der Waals surface area contributed by atoms with E-state index in [4.69, 9.17) is 10.2 Å². The summed E-state index contributed by atoms with van der Waals surface area (Å²) in [5.74, 6) is -2.89. The van der Waals surface area contributed by atoms with Crippen LogP contribution >= 0.6 is 11.3 Å². The molecule has 0 bridgehead atoms. The maximum Gasteiger partial charge on any atom is 0.307 e. The Morgan fingerprint density at radius 2 is 2.13 bits per heavy atom. The van der Waals surface area contributed by atoms with Crippen LogP contribution in [0.25, 0.3) is 0 Å². The van der Waals surface area contributed by atoms with Crippen LogP contribution in [0.15, 0.2) is 16.8 Å². The Labute approximate surface area is 91.2 Å². The van der Waals surface area contributed by atoms with Crippen LogP contribution in [0.2, 0.25) is 0 Å². The van der Waals surface area contributed by atoms with Gasteiger partial charge in [0.25, 0.3) is 0 Å². The lowest BCUT2D eigenvalue weighted by atomic mass is 9.98. The van der Waals surface area contributed by atoms with E-state index >= 15 is 0 Å². The number of carboxylic acid groups (broad SMARTS) is 2. The molecule has 4 nitrogen and oxygen atoms in total. The zero-order chi connectivity index (χ0) is 11.3. The highest BCUT2D eigenvalue weighted by molar-refractivity contribution is 7.07. The van der Waals surface area contributed by atoms with Crippen molar-refractivity contribution in [1.82, 2.24) is 0 Å². The van der Waals surface area contributed by atoms with E-state index in [1.54, 1.807) is 11.3 Å². The van der Waals surface area contributed by atoms with Gasteiger partial charge >= 0.3 is 11.9 Å². The maximum atomic E-state index is 10.7. The highest BCUT2D eigenvalue weighted by Gasteiger charge is 2.20. The molecule has 15 heavy (non-hydrogen) atoms. The molecule has 1 aromatic rings. The van der Waals surface area contributed by atoms with E-state index in [1.165, 1.54) is 0 Å². The van der Waals surface area contributed by atoms with Gasteiger partial charge in [-0.2, -0.15) is 11.3 Å². The summed E-state index contributed by atoms with van der Waals surface area (Å²) in [4.78, 5) is 21.1. The first-order valence-electron chi connectivity index (χ1n) is 4.55. The van der Waals surface area contributed by atoms with Gasteiger partial charge in [-0.1, -0.05) is 0 Å². The van der Waals surface area contributed by atoms with E-state index in [0.717, 1.165) is 5.56 Å². The van der Waals surface area contributed by atoms with Gasteiger partial charge in [0.1, 0.15) is 0 Å². The number of hydrogen-bond donors (Lipinski definition) is 2. The van der Waals surface area contributed by atoms with Gasteiger partial charge in [0.2, 0.25) is 0 Å². The molecule has 1 rings (SSSR count). The number of carboxylic acids is 2. The van der Waals surface area contributed by atoms with Crippen molar-refractivity contribution >= 4 is 23.3 Å². The molecule has 0 spiro atoms. The minimum absolute atomic E-state index is 0.306. The van der Waals surface area contributed by atoms with Gasteiger partial charge in [-0.25, -0.2) is 0 Å². The molecule has 0 aliphatic carbocycles. The van der Waals surface area contributed by atoms with Crippen LogP contribution in [0.1, 0.15) is 18.4 Å². The number of carbonyl (C=O) groups is 2. The van der Waals surface area contributed by atoms with Crippen molar-refractivity contribution in [2.75, 3.05) is 0 Å². The summed E-state index contributed by atoms with van der Waals surface area (Å²) in [5, 5.41) is 21.2. The Balaban J connectivity index is 2.45. The molecule has 0 aliphatic heterocycles. The van der Waals surface area contributed by atoms with E-state index in [2.05, 4.69) is 0 Å². The molecule has 0 aliphatic rings. The summed E-state index contributed by atoms with van der Waals surface area (Å²) in [6.07, 6.45) is 0.686. The van der Waals surface area contributed by atoms with E-state index in [9.17, 15) is 9.59 Å². The number of aryl methyl sites for hydroxylation is 1. The molecule has 1 heterocycles. The van der Waals surface area contributed by atoms with Crippen LogP contribution in [0.3, 0.4) is 0 Å². The molecule has 2 N–H and O–H groups in total. The van der Waals surface area contributed by atoms with Crippen LogP contribution in [0, 0.1) is 5.92 Å². The predicted octanol–water partition coefficient (Wildman–Crippen LogP) is 1.86. The predicted molar refractivity (Wildman–Crippen MR) is 56.0 cm³/mol. The molecule has 0 radical (unpaired) electrons. The molecule has 0 aromatic carbocycles. The van der Waals surface area contributed by atoms with Crippen LogP contribution in [0.5, 0.6) is 0 Å². The van der Waals surface area contributed by atoms with E-state index in [1.807, 2.05) is 16.8 Å². The minimum atomic E-state index is -1.06. The van der Waals surface area contributed by atoms with Crippen molar-refractivity contribution in [3.63, 3.8) is 0 Å². The molecule has 5 heteroatoms. The molecule has 1 atom stereocenters. The molecule has 0 saturated heterocycles. The van der Waals surface area contributed by atoms with E-state index in [0.29, 0.717) is 12.8 Å². The highest BCUT2D eigenvalue weighted by Crippen LogP contribution is 2.15. The normalized spacial score (nSPS) is 12.3. The molecular formula is C10H12O4S. The van der Waals surface area contributed by atoms with Gasteiger partial charge < -0.3 is 10.2 Å². The van der Waals surface area contributed by atoms with Crippen LogP contribution in [0.4, 0.5) is 0 Å². The number of thiophene rings is 1. The molecule has 0 fully saturated rings. The van der Waals surface area contributed by atoms with E-state index in [-0.39, 0.29) is 6.42 Å². The number of aliphatic carboxylic acids is 2.